The normalized spacial score (nSPS) is 10.6. The standard InChI is InChI=1S/C13H12Cl2N2O2S/c1-6-8(12(18)17-13(20)16-6)3-7-4-9(14)11(19-2)10(15)5-7/h4-5H,3H2,1-2H3,(H2,16,17,18,20). The minimum Gasteiger partial charge on any atom is -0.494 e. The number of halogens is 2. The Balaban J connectivity index is 2.46. The lowest BCUT2D eigenvalue weighted by Gasteiger charge is -2.09. The highest BCUT2D eigenvalue weighted by Crippen LogP contribution is 2.34. The first-order valence-electron chi connectivity index (χ1n) is 5.76. The van der Waals surface area contributed by atoms with E-state index in [9.17, 15) is 4.79 Å². The summed E-state index contributed by atoms with van der Waals surface area (Å²) in [4.78, 5) is 17.4. The second kappa shape index (κ2) is 5.99. The molecule has 2 N–H and O–H groups in total. The number of H-pyrrole nitrogens is 2. The molecule has 0 aliphatic carbocycles. The molecule has 0 amide bonds. The zero-order valence-electron chi connectivity index (χ0n) is 10.8. The first-order chi connectivity index (χ1) is 9.42. The third-order valence-corrected chi connectivity index (χ3v) is 3.66. The van der Waals surface area contributed by atoms with Crippen LogP contribution < -0.4 is 10.3 Å². The van der Waals surface area contributed by atoms with Crippen molar-refractivity contribution in [1.29, 1.82) is 0 Å². The van der Waals surface area contributed by atoms with Crippen molar-refractivity contribution in [2.45, 2.75) is 13.3 Å². The first-order valence-corrected chi connectivity index (χ1v) is 6.92. The Hall–Kier alpha value is -1.30. The summed E-state index contributed by atoms with van der Waals surface area (Å²) in [6.07, 6.45) is 0.400. The summed E-state index contributed by atoms with van der Waals surface area (Å²) < 4.78 is 5.40. The van der Waals surface area contributed by atoms with Gasteiger partial charge in [-0.05, 0) is 36.8 Å². The van der Waals surface area contributed by atoms with Crippen molar-refractivity contribution in [3.05, 3.63) is 54.1 Å². The second-order valence-electron chi connectivity index (χ2n) is 4.28. The fraction of sp³-hybridized carbons (Fsp3) is 0.231. The predicted octanol–water partition coefficient (Wildman–Crippen LogP) is 3.65. The van der Waals surface area contributed by atoms with E-state index in [0.29, 0.717) is 32.6 Å². The van der Waals surface area contributed by atoms with Crippen molar-refractivity contribution in [3.63, 3.8) is 0 Å². The summed E-state index contributed by atoms with van der Waals surface area (Å²) in [6.45, 7) is 1.80. The Bertz CT molecular complexity index is 745. The van der Waals surface area contributed by atoms with Crippen LogP contribution >= 0.6 is 35.4 Å². The van der Waals surface area contributed by atoms with Gasteiger partial charge >= 0.3 is 0 Å². The number of hydrogen-bond acceptors (Lipinski definition) is 3. The summed E-state index contributed by atoms with van der Waals surface area (Å²) in [5.74, 6) is 0.426. The highest BCUT2D eigenvalue weighted by atomic mass is 35.5. The van der Waals surface area contributed by atoms with Gasteiger partial charge in [-0.1, -0.05) is 23.2 Å². The van der Waals surface area contributed by atoms with Crippen LogP contribution in [0.3, 0.4) is 0 Å². The van der Waals surface area contributed by atoms with Crippen molar-refractivity contribution >= 4 is 35.4 Å². The quantitative estimate of drug-likeness (QED) is 0.844. The highest BCUT2D eigenvalue weighted by molar-refractivity contribution is 7.71. The van der Waals surface area contributed by atoms with Crippen LogP contribution in [0, 0.1) is 11.7 Å². The smallest absolute Gasteiger partial charge is 0.255 e. The molecule has 0 aliphatic rings. The Kier molecular flexibility index (Phi) is 4.52. The van der Waals surface area contributed by atoms with Gasteiger partial charge in [0.1, 0.15) is 0 Å². The zero-order chi connectivity index (χ0) is 14.9. The number of aryl methyl sites for hydroxylation is 1. The summed E-state index contributed by atoms with van der Waals surface area (Å²) in [5.41, 5.74) is 1.92. The predicted molar refractivity (Wildman–Crippen MR) is 82.8 cm³/mol. The van der Waals surface area contributed by atoms with Crippen LogP contribution in [-0.2, 0) is 6.42 Å². The molecule has 1 heterocycles. The maximum Gasteiger partial charge on any atom is 0.255 e. The summed E-state index contributed by atoms with van der Waals surface area (Å²) in [7, 11) is 1.50. The number of ether oxygens (including phenoxy) is 1. The Morgan fingerprint density at radius 1 is 1.25 bits per heavy atom. The Morgan fingerprint density at radius 3 is 2.35 bits per heavy atom. The molecule has 0 unspecified atom stereocenters. The molecule has 0 saturated heterocycles. The van der Waals surface area contributed by atoms with Crippen LogP contribution in [0.5, 0.6) is 5.75 Å². The lowest BCUT2D eigenvalue weighted by atomic mass is 10.0. The van der Waals surface area contributed by atoms with Gasteiger partial charge < -0.3 is 9.72 Å². The van der Waals surface area contributed by atoms with E-state index >= 15 is 0 Å². The van der Waals surface area contributed by atoms with Gasteiger partial charge in [0.2, 0.25) is 0 Å². The zero-order valence-corrected chi connectivity index (χ0v) is 13.2. The molecule has 1 aromatic carbocycles. The Morgan fingerprint density at radius 2 is 1.85 bits per heavy atom. The first kappa shape index (κ1) is 15.1. The van der Waals surface area contributed by atoms with Gasteiger partial charge in [-0.2, -0.15) is 0 Å². The molecule has 106 valence electrons. The molecule has 0 atom stereocenters. The summed E-state index contributed by atoms with van der Waals surface area (Å²) >= 11 is 17.1. The molecule has 1 aromatic heterocycles. The molecule has 4 nitrogen and oxygen atoms in total. The van der Waals surface area contributed by atoms with E-state index in [1.807, 2.05) is 0 Å². The molecule has 0 radical (unpaired) electrons. The van der Waals surface area contributed by atoms with Crippen molar-refractivity contribution in [3.8, 4) is 5.75 Å². The number of aromatic nitrogens is 2. The maximum absolute atomic E-state index is 11.9. The molecule has 0 aliphatic heterocycles. The second-order valence-corrected chi connectivity index (χ2v) is 5.50. The summed E-state index contributed by atoms with van der Waals surface area (Å²) in [5, 5.41) is 0.820. The van der Waals surface area contributed by atoms with Crippen molar-refractivity contribution in [1.82, 2.24) is 9.97 Å². The highest BCUT2D eigenvalue weighted by Gasteiger charge is 2.11. The minimum absolute atomic E-state index is 0.214. The van der Waals surface area contributed by atoms with E-state index < -0.39 is 0 Å². The van der Waals surface area contributed by atoms with E-state index in [1.54, 1.807) is 19.1 Å². The average molecular weight is 331 g/mol. The van der Waals surface area contributed by atoms with Crippen LogP contribution in [0.15, 0.2) is 16.9 Å². The molecule has 2 rings (SSSR count). The van der Waals surface area contributed by atoms with Crippen molar-refractivity contribution in [2.24, 2.45) is 0 Å². The monoisotopic (exact) mass is 330 g/mol. The number of hydrogen-bond donors (Lipinski definition) is 2. The topological polar surface area (TPSA) is 57.9 Å². The van der Waals surface area contributed by atoms with Crippen LogP contribution in [0.4, 0.5) is 0 Å². The molecule has 0 fully saturated rings. The molecule has 0 spiro atoms. The van der Waals surface area contributed by atoms with Gasteiger partial charge in [-0.3, -0.25) is 9.78 Å². The lowest BCUT2D eigenvalue weighted by molar-refractivity contribution is 0.415. The fourth-order valence-electron chi connectivity index (χ4n) is 1.95. The minimum atomic E-state index is -0.214. The van der Waals surface area contributed by atoms with Gasteiger partial charge in [0.05, 0.1) is 17.2 Å². The van der Waals surface area contributed by atoms with E-state index in [4.69, 9.17) is 40.2 Å². The Labute approximate surface area is 130 Å². The van der Waals surface area contributed by atoms with Gasteiger partial charge in [0, 0.05) is 17.7 Å². The molecular weight excluding hydrogens is 319 g/mol. The van der Waals surface area contributed by atoms with E-state index in [0.717, 1.165) is 11.3 Å². The lowest BCUT2D eigenvalue weighted by Crippen LogP contribution is -2.16. The van der Waals surface area contributed by atoms with E-state index in [-0.39, 0.29) is 5.56 Å². The van der Waals surface area contributed by atoms with Crippen molar-refractivity contribution in [2.75, 3.05) is 7.11 Å². The third kappa shape index (κ3) is 3.06. The van der Waals surface area contributed by atoms with Gasteiger partial charge in [-0.15, -0.1) is 0 Å². The molecule has 0 bridgehead atoms. The van der Waals surface area contributed by atoms with Crippen LogP contribution in [0.25, 0.3) is 0 Å². The fourth-order valence-corrected chi connectivity index (χ4v) is 2.88. The molecule has 0 saturated carbocycles. The van der Waals surface area contributed by atoms with Crippen molar-refractivity contribution < 1.29 is 4.74 Å². The SMILES string of the molecule is COc1c(Cl)cc(Cc2c(C)[nH]c(=S)[nH]c2=O)cc1Cl. The van der Waals surface area contributed by atoms with Gasteiger partial charge in [0.25, 0.3) is 5.56 Å². The van der Waals surface area contributed by atoms with Crippen LogP contribution in [0.2, 0.25) is 10.0 Å². The molecule has 7 heteroatoms. The summed E-state index contributed by atoms with van der Waals surface area (Å²) in [6, 6.07) is 3.46. The number of rotatable bonds is 3. The maximum atomic E-state index is 11.9. The molecule has 20 heavy (non-hydrogen) atoms. The molecule has 2 aromatic rings. The third-order valence-electron chi connectivity index (χ3n) is 2.90. The number of nitrogens with one attached hydrogen (secondary N) is 2. The van der Waals surface area contributed by atoms with Crippen LogP contribution in [-0.4, -0.2) is 17.1 Å². The van der Waals surface area contributed by atoms with E-state index in [2.05, 4.69) is 9.97 Å². The number of aromatic amines is 2. The van der Waals surface area contributed by atoms with Gasteiger partial charge in [0.15, 0.2) is 10.5 Å². The largest absolute Gasteiger partial charge is 0.494 e. The van der Waals surface area contributed by atoms with Gasteiger partial charge in [-0.25, -0.2) is 0 Å². The number of methoxy groups -OCH3 is 1. The molecular formula is C13H12Cl2N2O2S. The average Bonchev–Trinajstić information content (AvgIpc) is 2.33. The number of benzene rings is 1. The van der Waals surface area contributed by atoms with E-state index in [1.165, 1.54) is 7.11 Å². The van der Waals surface area contributed by atoms with Crippen LogP contribution in [0.1, 0.15) is 16.8 Å².